The molecule has 2 atom stereocenters. The van der Waals surface area contributed by atoms with E-state index in [9.17, 15) is 40.7 Å². The lowest BCUT2D eigenvalue weighted by Crippen LogP contribution is -2.58. The molecule has 0 spiro atoms. The quantitative estimate of drug-likeness (QED) is 0.229. The first-order chi connectivity index (χ1) is 20.0. The SMILES string of the molecule is CNC1(C(F)(F)F)OC(=O)Nc2ccc(Cl)cc21.O=C1Nc2ccc(Cl)cc2C(CNC(=O)c2ccn[nH]2)(C(F)(F)F)O1. The lowest BCUT2D eigenvalue weighted by molar-refractivity contribution is -0.275. The van der Waals surface area contributed by atoms with Crippen LogP contribution in [0.4, 0.5) is 47.3 Å². The van der Waals surface area contributed by atoms with Gasteiger partial charge in [-0.2, -0.15) is 31.4 Å². The summed E-state index contributed by atoms with van der Waals surface area (Å²) in [6.07, 6.45) is -11.0. The summed E-state index contributed by atoms with van der Waals surface area (Å²) in [5.41, 5.74) is -6.80. The Bertz CT molecular complexity index is 1550. The Hall–Kier alpha value is -4.22. The van der Waals surface area contributed by atoms with E-state index in [-0.39, 0.29) is 32.7 Å². The summed E-state index contributed by atoms with van der Waals surface area (Å²) in [5.74, 6) is -0.834. The second-order valence-electron chi connectivity index (χ2n) is 8.82. The van der Waals surface area contributed by atoms with Crippen molar-refractivity contribution in [2.75, 3.05) is 24.2 Å². The lowest BCUT2D eigenvalue weighted by atomic mass is 9.89. The van der Waals surface area contributed by atoms with E-state index in [1.165, 1.54) is 36.5 Å². The third kappa shape index (κ3) is 6.00. The second-order valence-corrected chi connectivity index (χ2v) is 9.69. The van der Waals surface area contributed by atoms with E-state index < -0.39 is 53.9 Å². The molecule has 0 fully saturated rings. The van der Waals surface area contributed by atoms with Crippen molar-refractivity contribution in [1.29, 1.82) is 0 Å². The fourth-order valence-electron chi connectivity index (χ4n) is 4.22. The molecule has 3 heterocycles. The highest BCUT2D eigenvalue weighted by molar-refractivity contribution is 6.31. The van der Waals surface area contributed by atoms with Gasteiger partial charge in [-0.1, -0.05) is 23.2 Å². The number of hydrogen-bond acceptors (Lipinski definition) is 7. The normalized spacial score (nSPS) is 21.0. The third-order valence-corrected chi connectivity index (χ3v) is 6.69. The summed E-state index contributed by atoms with van der Waals surface area (Å²) in [6.45, 7) is -1.03. The minimum absolute atomic E-state index is 0.00215. The van der Waals surface area contributed by atoms with Gasteiger partial charge in [0.1, 0.15) is 5.69 Å². The molecule has 11 nitrogen and oxygen atoms in total. The van der Waals surface area contributed by atoms with Gasteiger partial charge in [0.05, 0.1) is 17.9 Å². The molecule has 5 N–H and O–H groups in total. The van der Waals surface area contributed by atoms with Crippen molar-refractivity contribution in [1.82, 2.24) is 20.8 Å². The van der Waals surface area contributed by atoms with Crippen LogP contribution in [-0.4, -0.2) is 54.2 Å². The van der Waals surface area contributed by atoms with E-state index in [0.717, 1.165) is 19.2 Å². The number of fused-ring (bicyclic) bond motifs is 2. The Labute approximate surface area is 247 Å². The van der Waals surface area contributed by atoms with Crippen LogP contribution in [0, 0.1) is 0 Å². The molecule has 2 unspecified atom stereocenters. The van der Waals surface area contributed by atoms with Crippen LogP contribution in [0.15, 0.2) is 48.7 Å². The fraction of sp³-hybridized carbons (Fsp3) is 0.250. The molecule has 0 saturated carbocycles. The van der Waals surface area contributed by atoms with Gasteiger partial charge in [0.15, 0.2) is 0 Å². The zero-order valence-corrected chi connectivity index (χ0v) is 22.8. The third-order valence-electron chi connectivity index (χ3n) is 6.22. The molecule has 5 rings (SSSR count). The molecule has 2 aliphatic rings. The number of aromatic amines is 1. The van der Waals surface area contributed by atoms with Crippen LogP contribution in [0.5, 0.6) is 0 Å². The van der Waals surface area contributed by atoms with E-state index >= 15 is 0 Å². The van der Waals surface area contributed by atoms with Crippen molar-refractivity contribution in [3.8, 4) is 0 Å². The smallest absolute Gasteiger partial charge is 0.426 e. The van der Waals surface area contributed by atoms with Crippen LogP contribution in [0.1, 0.15) is 21.6 Å². The number of ether oxygens (including phenoxy) is 2. The first-order valence-corrected chi connectivity index (χ1v) is 12.5. The number of carbonyl (C=O) groups excluding carboxylic acids is 3. The standard InChI is InChI=1S/C14H10ClF3N4O3.C10H8ClF3N2O2/c15-7-1-2-9-8(5-7)13(14(16,17)18,25-12(24)21-9)6-19-11(23)10-3-4-20-22-10;1-15-9(10(12,13)14)6-4-5(11)2-3-7(6)16-8(17)18-9/h1-5H,6H2,(H,19,23)(H,20,22)(H,21,24);2-4,15H,1H3,(H,16,17). The first-order valence-electron chi connectivity index (χ1n) is 11.7. The second kappa shape index (κ2) is 11.5. The number of rotatable bonds is 4. The van der Waals surface area contributed by atoms with Gasteiger partial charge < -0.3 is 14.8 Å². The van der Waals surface area contributed by atoms with Crippen molar-refractivity contribution in [3.05, 3.63) is 75.5 Å². The zero-order chi connectivity index (χ0) is 31.8. The topological polar surface area (TPSA) is 146 Å². The van der Waals surface area contributed by atoms with Crippen LogP contribution >= 0.6 is 23.2 Å². The molecule has 0 saturated heterocycles. The van der Waals surface area contributed by atoms with Gasteiger partial charge in [-0.05, 0) is 49.5 Å². The Kier molecular flexibility index (Phi) is 8.45. The van der Waals surface area contributed by atoms with Gasteiger partial charge in [0, 0.05) is 27.4 Å². The van der Waals surface area contributed by atoms with E-state index in [1.54, 1.807) is 0 Å². The largest absolute Gasteiger partial charge is 0.447 e. The number of aromatic nitrogens is 2. The number of H-pyrrole nitrogens is 1. The van der Waals surface area contributed by atoms with Crippen LogP contribution in [0.25, 0.3) is 0 Å². The summed E-state index contributed by atoms with van der Waals surface area (Å²) in [5, 5.41) is 14.5. The van der Waals surface area contributed by atoms with E-state index in [2.05, 4.69) is 35.6 Å². The fourth-order valence-corrected chi connectivity index (χ4v) is 4.56. The monoisotopic (exact) mass is 654 g/mol. The first kappa shape index (κ1) is 31.7. The van der Waals surface area contributed by atoms with Crippen molar-refractivity contribution < 1.29 is 50.2 Å². The summed E-state index contributed by atoms with van der Waals surface area (Å²) >= 11 is 11.5. The van der Waals surface area contributed by atoms with Crippen molar-refractivity contribution in [3.63, 3.8) is 0 Å². The number of halogens is 8. The van der Waals surface area contributed by atoms with Gasteiger partial charge in [0.25, 0.3) is 17.2 Å². The van der Waals surface area contributed by atoms with E-state index in [1.807, 2.05) is 5.32 Å². The maximum Gasteiger partial charge on any atom is 0.447 e. The van der Waals surface area contributed by atoms with Crippen molar-refractivity contribution in [2.24, 2.45) is 0 Å². The van der Waals surface area contributed by atoms with Crippen LogP contribution < -0.4 is 21.3 Å². The number of nitrogens with one attached hydrogen (secondary N) is 5. The number of benzene rings is 2. The number of hydrogen-bond donors (Lipinski definition) is 5. The van der Waals surface area contributed by atoms with Gasteiger partial charge in [-0.3, -0.25) is 25.8 Å². The van der Waals surface area contributed by atoms with Gasteiger partial charge >= 0.3 is 24.5 Å². The molecule has 19 heteroatoms. The molecule has 0 radical (unpaired) electrons. The molecule has 2 aliphatic heterocycles. The molecular formula is C24H18Cl2F6N6O5. The Morgan fingerprint density at radius 2 is 1.44 bits per heavy atom. The number of amides is 3. The highest BCUT2D eigenvalue weighted by Gasteiger charge is 2.63. The average Bonchev–Trinajstić information content (AvgIpc) is 3.46. The molecule has 3 amide bonds. The number of anilines is 2. The number of cyclic esters (lactones) is 2. The molecule has 230 valence electrons. The van der Waals surface area contributed by atoms with Gasteiger partial charge in [-0.25, -0.2) is 9.59 Å². The lowest BCUT2D eigenvalue weighted by Gasteiger charge is -2.39. The maximum absolute atomic E-state index is 13.9. The number of alkyl halides is 6. The molecule has 1 aromatic heterocycles. The molecular weight excluding hydrogens is 637 g/mol. The van der Waals surface area contributed by atoms with Crippen LogP contribution in [0.2, 0.25) is 10.0 Å². The predicted octanol–water partition coefficient (Wildman–Crippen LogP) is 5.65. The zero-order valence-electron chi connectivity index (χ0n) is 21.3. The highest BCUT2D eigenvalue weighted by Crippen LogP contribution is 2.48. The van der Waals surface area contributed by atoms with Crippen molar-refractivity contribution in [2.45, 2.75) is 23.7 Å². The maximum atomic E-state index is 13.9. The highest BCUT2D eigenvalue weighted by atomic mass is 35.5. The minimum Gasteiger partial charge on any atom is -0.426 e. The Morgan fingerprint density at radius 1 is 0.884 bits per heavy atom. The minimum atomic E-state index is -5.01. The molecule has 3 aromatic rings. The predicted molar refractivity (Wildman–Crippen MR) is 139 cm³/mol. The summed E-state index contributed by atoms with van der Waals surface area (Å²) in [4.78, 5) is 34.8. The van der Waals surface area contributed by atoms with Crippen molar-refractivity contribution >= 4 is 52.7 Å². The molecule has 43 heavy (non-hydrogen) atoms. The van der Waals surface area contributed by atoms with Gasteiger partial charge in [0.2, 0.25) is 0 Å². The summed E-state index contributed by atoms with van der Waals surface area (Å²) in [7, 11) is 1.05. The molecule has 2 aromatic carbocycles. The number of carbonyl (C=O) groups is 3. The van der Waals surface area contributed by atoms with Gasteiger partial charge in [-0.15, -0.1) is 0 Å². The molecule has 0 bridgehead atoms. The summed E-state index contributed by atoms with van der Waals surface area (Å²) in [6, 6.07) is 8.64. The molecule has 0 aliphatic carbocycles. The van der Waals surface area contributed by atoms with E-state index in [0.29, 0.717) is 0 Å². The average molecular weight is 655 g/mol. The Balaban J connectivity index is 0.000000208. The van der Waals surface area contributed by atoms with E-state index in [4.69, 9.17) is 23.2 Å². The summed E-state index contributed by atoms with van der Waals surface area (Å²) < 4.78 is 90.1. The van der Waals surface area contributed by atoms with Crippen LogP contribution in [0.3, 0.4) is 0 Å². The number of nitrogens with zero attached hydrogens (tertiary/aromatic N) is 1. The van der Waals surface area contributed by atoms with Crippen LogP contribution in [-0.2, 0) is 20.8 Å². The Morgan fingerprint density at radius 3 is 1.95 bits per heavy atom.